The van der Waals surface area contributed by atoms with Crippen molar-refractivity contribution in [1.29, 1.82) is 0 Å². The molecular weight excluding hydrogens is 352 g/mol. The average Bonchev–Trinajstić information content (AvgIpc) is 2.62. The maximum Gasteiger partial charge on any atom is 0.255 e. The fourth-order valence-electron chi connectivity index (χ4n) is 2.70. The van der Waals surface area contributed by atoms with Crippen molar-refractivity contribution in [2.75, 3.05) is 13.7 Å². The summed E-state index contributed by atoms with van der Waals surface area (Å²) in [4.78, 5) is 10.9. The molecule has 5 nitrogen and oxygen atoms in total. The number of nitrogens with one attached hydrogen (secondary N) is 1. The monoisotopic (exact) mass is 376 g/mol. The quantitative estimate of drug-likeness (QED) is 0.698. The summed E-state index contributed by atoms with van der Waals surface area (Å²) in [6.45, 7) is 4.59. The van der Waals surface area contributed by atoms with E-state index in [-0.39, 0.29) is 12.6 Å². The maximum absolute atomic E-state index is 10.9. The fourth-order valence-corrected chi connectivity index (χ4v) is 2.98. The Labute approximate surface area is 159 Å². The molecule has 140 valence electrons. The average molecular weight is 377 g/mol. The summed E-state index contributed by atoms with van der Waals surface area (Å²) in [6.07, 6.45) is 0.966. The van der Waals surface area contributed by atoms with Crippen LogP contribution < -0.4 is 20.5 Å². The third-order valence-corrected chi connectivity index (χ3v) is 4.37. The van der Waals surface area contributed by atoms with E-state index in [4.69, 9.17) is 26.8 Å². The van der Waals surface area contributed by atoms with Crippen LogP contribution >= 0.6 is 11.6 Å². The number of amides is 1. The minimum atomic E-state index is -0.572. The van der Waals surface area contributed by atoms with Crippen LogP contribution in [0, 0.1) is 6.92 Å². The molecule has 1 atom stereocenters. The number of primary amides is 1. The first-order chi connectivity index (χ1) is 12.4. The Kier molecular flexibility index (Phi) is 7.30. The zero-order valence-electron chi connectivity index (χ0n) is 15.3. The third kappa shape index (κ3) is 5.38. The molecule has 0 fully saturated rings. The van der Waals surface area contributed by atoms with E-state index in [1.54, 1.807) is 6.07 Å². The Hall–Kier alpha value is -2.24. The summed E-state index contributed by atoms with van der Waals surface area (Å²) in [5.74, 6) is 0.221. The van der Waals surface area contributed by atoms with E-state index in [9.17, 15) is 4.79 Å². The molecule has 0 aliphatic heterocycles. The SMILES string of the molecule is CCC(NCc1cc(Cl)c(OCC(N)=O)c(OC)c1)c1ccc(C)cc1. The number of benzene rings is 2. The predicted octanol–water partition coefficient (Wildman–Crippen LogP) is 3.76. The van der Waals surface area contributed by atoms with Gasteiger partial charge >= 0.3 is 0 Å². The molecule has 1 amide bonds. The molecule has 0 bridgehead atoms. The molecule has 2 rings (SSSR count). The van der Waals surface area contributed by atoms with Gasteiger partial charge in [-0.25, -0.2) is 0 Å². The lowest BCUT2D eigenvalue weighted by Gasteiger charge is -2.19. The van der Waals surface area contributed by atoms with Crippen molar-refractivity contribution >= 4 is 17.5 Å². The first kappa shape index (κ1) is 20.1. The molecule has 0 spiro atoms. The van der Waals surface area contributed by atoms with Crippen LogP contribution in [0.5, 0.6) is 11.5 Å². The Morgan fingerprint density at radius 3 is 2.54 bits per heavy atom. The van der Waals surface area contributed by atoms with Crippen LogP contribution in [0.1, 0.15) is 36.1 Å². The minimum absolute atomic E-state index is 0.242. The minimum Gasteiger partial charge on any atom is -0.493 e. The number of halogens is 1. The lowest BCUT2D eigenvalue weighted by Crippen LogP contribution is -2.21. The van der Waals surface area contributed by atoms with Crippen molar-refractivity contribution in [3.05, 3.63) is 58.1 Å². The fraction of sp³-hybridized carbons (Fsp3) is 0.350. The van der Waals surface area contributed by atoms with Gasteiger partial charge < -0.3 is 20.5 Å². The lowest BCUT2D eigenvalue weighted by molar-refractivity contribution is -0.119. The van der Waals surface area contributed by atoms with Crippen LogP contribution in [0.3, 0.4) is 0 Å². The summed E-state index contributed by atoms with van der Waals surface area (Å²) < 4.78 is 10.7. The van der Waals surface area contributed by atoms with Crippen molar-refractivity contribution in [2.24, 2.45) is 5.73 Å². The molecule has 26 heavy (non-hydrogen) atoms. The van der Waals surface area contributed by atoms with Gasteiger partial charge in [0.05, 0.1) is 12.1 Å². The van der Waals surface area contributed by atoms with Gasteiger partial charge in [0.1, 0.15) is 0 Å². The number of rotatable bonds is 9. The smallest absolute Gasteiger partial charge is 0.255 e. The first-order valence-corrected chi connectivity index (χ1v) is 8.89. The number of ether oxygens (including phenoxy) is 2. The molecule has 3 N–H and O–H groups in total. The molecular formula is C20H25ClN2O3. The Balaban J connectivity index is 2.12. The Morgan fingerprint density at radius 2 is 1.96 bits per heavy atom. The summed E-state index contributed by atoms with van der Waals surface area (Å²) in [6, 6.07) is 12.4. The van der Waals surface area contributed by atoms with Crippen molar-refractivity contribution in [1.82, 2.24) is 5.32 Å². The highest BCUT2D eigenvalue weighted by molar-refractivity contribution is 6.32. The first-order valence-electron chi connectivity index (χ1n) is 8.52. The number of aryl methyl sites for hydroxylation is 1. The van der Waals surface area contributed by atoms with E-state index in [0.717, 1.165) is 12.0 Å². The largest absolute Gasteiger partial charge is 0.493 e. The van der Waals surface area contributed by atoms with E-state index in [1.165, 1.54) is 18.2 Å². The zero-order chi connectivity index (χ0) is 19.1. The second-order valence-corrected chi connectivity index (χ2v) is 6.52. The molecule has 0 saturated carbocycles. The Morgan fingerprint density at radius 1 is 1.27 bits per heavy atom. The molecule has 0 aliphatic carbocycles. The summed E-state index contributed by atoms with van der Waals surface area (Å²) in [5.41, 5.74) is 8.57. The van der Waals surface area contributed by atoms with Gasteiger partial charge in [0.2, 0.25) is 0 Å². The van der Waals surface area contributed by atoms with Crippen LogP contribution in [-0.2, 0) is 11.3 Å². The summed E-state index contributed by atoms with van der Waals surface area (Å²) >= 11 is 6.30. The topological polar surface area (TPSA) is 73.6 Å². The van der Waals surface area contributed by atoms with Crippen LogP contribution in [0.4, 0.5) is 0 Å². The van der Waals surface area contributed by atoms with Crippen molar-refractivity contribution in [3.8, 4) is 11.5 Å². The highest BCUT2D eigenvalue weighted by Gasteiger charge is 2.14. The standard InChI is InChI=1S/C20H25ClN2O3/c1-4-17(15-7-5-13(2)6-8-15)23-11-14-9-16(21)20(18(10-14)25-3)26-12-19(22)24/h5-10,17,23H,4,11-12H2,1-3H3,(H2,22,24). The molecule has 0 aromatic heterocycles. The highest BCUT2D eigenvalue weighted by Crippen LogP contribution is 2.36. The number of hydrogen-bond donors (Lipinski definition) is 2. The van der Waals surface area contributed by atoms with Gasteiger partial charge in [0, 0.05) is 12.6 Å². The van der Waals surface area contributed by atoms with Crippen molar-refractivity contribution in [2.45, 2.75) is 32.9 Å². The van der Waals surface area contributed by atoms with Gasteiger partial charge in [0.15, 0.2) is 18.1 Å². The highest BCUT2D eigenvalue weighted by atomic mass is 35.5. The number of methoxy groups -OCH3 is 1. The van der Waals surface area contributed by atoms with Gasteiger partial charge in [-0.1, -0.05) is 48.4 Å². The van der Waals surface area contributed by atoms with Crippen LogP contribution in [-0.4, -0.2) is 19.6 Å². The predicted molar refractivity (Wildman–Crippen MR) is 104 cm³/mol. The molecule has 0 radical (unpaired) electrons. The lowest BCUT2D eigenvalue weighted by atomic mass is 10.0. The van der Waals surface area contributed by atoms with Crippen LogP contribution in [0.15, 0.2) is 36.4 Å². The second kappa shape index (κ2) is 9.46. The normalized spacial score (nSPS) is 11.8. The Bertz CT molecular complexity index is 747. The van der Waals surface area contributed by atoms with E-state index in [0.29, 0.717) is 23.1 Å². The molecule has 0 saturated heterocycles. The maximum atomic E-state index is 10.9. The van der Waals surface area contributed by atoms with Gasteiger partial charge in [0.25, 0.3) is 5.91 Å². The van der Waals surface area contributed by atoms with Gasteiger partial charge in [-0.3, -0.25) is 4.79 Å². The number of carbonyl (C=O) groups is 1. The van der Waals surface area contributed by atoms with E-state index in [1.807, 2.05) is 6.07 Å². The summed E-state index contributed by atoms with van der Waals surface area (Å²) in [5, 5.41) is 3.92. The third-order valence-electron chi connectivity index (χ3n) is 4.09. The summed E-state index contributed by atoms with van der Waals surface area (Å²) in [7, 11) is 1.53. The van der Waals surface area contributed by atoms with E-state index < -0.39 is 5.91 Å². The van der Waals surface area contributed by atoms with E-state index >= 15 is 0 Å². The van der Waals surface area contributed by atoms with Crippen LogP contribution in [0.2, 0.25) is 5.02 Å². The zero-order valence-corrected chi connectivity index (χ0v) is 16.1. The molecule has 0 heterocycles. The number of carbonyl (C=O) groups excluding carboxylic acids is 1. The molecule has 1 unspecified atom stereocenters. The van der Waals surface area contributed by atoms with Gasteiger partial charge in [-0.2, -0.15) is 0 Å². The van der Waals surface area contributed by atoms with Gasteiger partial charge in [-0.05, 0) is 36.6 Å². The van der Waals surface area contributed by atoms with Gasteiger partial charge in [-0.15, -0.1) is 0 Å². The number of nitrogens with two attached hydrogens (primary N) is 1. The molecule has 0 aliphatic rings. The number of hydrogen-bond acceptors (Lipinski definition) is 4. The molecule has 6 heteroatoms. The molecule has 2 aromatic rings. The molecule has 2 aromatic carbocycles. The van der Waals surface area contributed by atoms with Crippen molar-refractivity contribution < 1.29 is 14.3 Å². The van der Waals surface area contributed by atoms with Crippen molar-refractivity contribution in [3.63, 3.8) is 0 Å². The van der Waals surface area contributed by atoms with Crippen LogP contribution in [0.25, 0.3) is 0 Å². The van der Waals surface area contributed by atoms with E-state index in [2.05, 4.69) is 43.4 Å². The second-order valence-electron chi connectivity index (χ2n) is 6.12.